The number of rotatable bonds is 6. The fourth-order valence-corrected chi connectivity index (χ4v) is 2.61. The molecule has 0 aromatic rings. The van der Waals surface area contributed by atoms with Crippen LogP contribution in [-0.2, 0) is 0 Å². The summed E-state index contributed by atoms with van der Waals surface area (Å²) >= 11 is 0. The SMILES string of the molecule is CC(C)CC1=[C]CC(CC(C)C)=C1CC(C)C. The molecular formula is C17H29. The van der Waals surface area contributed by atoms with Crippen LogP contribution >= 0.6 is 0 Å². The Morgan fingerprint density at radius 3 is 1.82 bits per heavy atom. The van der Waals surface area contributed by atoms with E-state index in [0.29, 0.717) is 0 Å². The molecule has 1 radical (unpaired) electrons. The van der Waals surface area contributed by atoms with Gasteiger partial charge in [-0.2, -0.15) is 0 Å². The summed E-state index contributed by atoms with van der Waals surface area (Å²) < 4.78 is 0. The molecule has 1 aliphatic carbocycles. The lowest BCUT2D eigenvalue weighted by Gasteiger charge is -2.16. The van der Waals surface area contributed by atoms with Gasteiger partial charge in [0.05, 0.1) is 0 Å². The van der Waals surface area contributed by atoms with Gasteiger partial charge in [-0.15, -0.1) is 0 Å². The lowest BCUT2D eigenvalue weighted by molar-refractivity contribution is 0.597. The topological polar surface area (TPSA) is 0 Å². The van der Waals surface area contributed by atoms with E-state index >= 15 is 0 Å². The zero-order valence-electron chi connectivity index (χ0n) is 12.6. The van der Waals surface area contributed by atoms with E-state index in [9.17, 15) is 0 Å². The predicted molar refractivity (Wildman–Crippen MR) is 76.8 cm³/mol. The van der Waals surface area contributed by atoms with Crippen molar-refractivity contribution in [3.05, 3.63) is 22.8 Å². The first-order valence-corrected chi connectivity index (χ1v) is 7.21. The van der Waals surface area contributed by atoms with Crippen molar-refractivity contribution in [1.82, 2.24) is 0 Å². The monoisotopic (exact) mass is 233 g/mol. The second kappa shape index (κ2) is 6.42. The van der Waals surface area contributed by atoms with Crippen LogP contribution in [0.3, 0.4) is 0 Å². The Labute approximate surface area is 108 Å². The highest BCUT2D eigenvalue weighted by molar-refractivity contribution is 5.40. The Kier molecular flexibility index (Phi) is 5.49. The van der Waals surface area contributed by atoms with E-state index < -0.39 is 0 Å². The smallest absolute Gasteiger partial charge is 0.00553 e. The van der Waals surface area contributed by atoms with E-state index in [1.807, 2.05) is 0 Å². The molecule has 1 rings (SSSR count). The first kappa shape index (κ1) is 14.5. The highest BCUT2D eigenvalue weighted by Gasteiger charge is 2.20. The van der Waals surface area contributed by atoms with Gasteiger partial charge in [-0.1, -0.05) is 47.1 Å². The van der Waals surface area contributed by atoms with Gasteiger partial charge >= 0.3 is 0 Å². The fraction of sp³-hybridized carbons (Fsp3) is 0.765. The second-order valence-corrected chi connectivity index (χ2v) is 6.71. The maximum absolute atomic E-state index is 3.64. The van der Waals surface area contributed by atoms with E-state index in [4.69, 9.17) is 0 Å². The minimum Gasteiger partial charge on any atom is -0.0625 e. The molecule has 0 saturated heterocycles. The summed E-state index contributed by atoms with van der Waals surface area (Å²) in [5.41, 5.74) is 4.86. The molecule has 0 N–H and O–H groups in total. The van der Waals surface area contributed by atoms with E-state index in [0.717, 1.165) is 24.2 Å². The van der Waals surface area contributed by atoms with Crippen LogP contribution in [0.1, 0.15) is 67.2 Å². The van der Waals surface area contributed by atoms with E-state index in [1.165, 1.54) is 24.8 Å². The van der Waals surface area contributed by atoms with Gasteiger partial charge in [-0.3, -0.25) is 0 Å². The summed E-state index contributed by atoms with van der Waals surface area (Å²) in [5.74, 6) is 2.28. The van der Waals surface area contributed by atoms with Crippen molar-refractivity contribution in [1.29, 1.82) is 0 Å². The highest BCUT2D eigenvalue weighted by Crippen LogP contribution is 2.36. The van der Waals surface area contributed by atoms with E-state index in [2.05, 4.69) is 47.6 Å². The number of hydrogen-bond donors (Lipinski definition) is 0. The van der Waals surface area contributed by atoms with Crippen LogP contribution in [0, 0.1) is 23.8 Å². The molecule has 97 valence electrons. The molecule has 0 aliphatic heterocycles. The maximum atomic E-state index is 3.64. The maximum Gasteiger partial charge on any atom is -0.00553 e. The summed E-state index contributed by atoms with van der Waals surface area (Å²) in [4.78, 5) is 0. The third-order valence-corrected chi connectivity index (χ3v) is 3.19. The zero-order chi connectivity index (χ0) is 13.0. The standard InChI is InChI=1S/C17H29/c1-12(2)9-15-7-8-16(10-13(3)4)17(15)11-14(5)6/h12-14H,7,9-11H2,1-6H3. The molecule has 0 aromatic carbocycles. The van der Waals surface area contributed by atoms with Crippen LogP contribution in [0.15, 0.2) is 16.7 Å². The van der Waals surface area contributed by atoms with Gasteiger partial charge < -0.3 is 0 Å². The van der Waals surface area contributed by atoms with Gasteiger partial charge in [0, 0.05) is 0 Å². The van der Waals surface area contributed by atoms with Crippen molar-refractivity contribution >= 4 is 0 Å². The Morgan fingerprint density at radius 1 is 0.824 bits per heavy atom. The van der Waals surface area contributed by atoms with E-state index in [1.54, 1.807) is 11.1 Å². The van der Waals surface area contributed by atoms with Gasteiger partial charge in [0.2, 0.25) is 0 Å². The molecular weight excluding hydrogens is 204 g/mol. The zero-order valence-corrected chi connectivity index (χ0v) is 12.6. The average Bonchev–Trinajstić information content (AvgIpc) is 2.47. The van der Waals surface area contributed by atoms with Gasteiger partial charge in [-0.05, 0) is 60.7 Å². The van der Waals surface area contributed by atoms with Gasteiger partial charge in [0.1, 0.15) is 0 Å². The normalized spacial score (nSPS) is 16.6. The molecule has 0 fully saturated rings. The first-order chi connectivity index (χ1) is 7.90. The third kappa shape index (κ3) is 4.69. The van der Waals surface area contributed by atoms with Gasteiger partial charge in [0.15, 0.2) is 0 Å². The van der Waals surface area contributed by atoms with Crippen molar-refractivity contribution in [2.75, 3.05) is 0 Å². The van der Waals surface area contributed by atoms with Crippen molar-refractivity contribution in [2.24, 2.45) is 17.8 Å². The molecule has 1 aliphatic rings. The molecule has 0 heterocycles. The van der Waals surface area contributed by atoms with Crippen LogP contribution in [0.25, 0.3) is 0 Å². The van der Waals surface area contributed by atoms with Crippen molar-refractivity contribution < 1.29 is 0 Å². The van der Waals surface area contributed by atoms with Crippen LogP contribution in [0.4, 0.5) is 0 Å². The molecule has 0 spiro atoms. The van der Waals surface area contributed by atoms with Gasteiger partial charge in [0.25, 0.3) is 0 Å². The lowest BCUT2D eigenvalue weighted by Crippen LogP contribution is -2.00. The minimum absolute atomic E-state index is 0.748. The molecule has 0 amide bonds. The Hall–Kier alpha value is -0.520. The van der Waals surface area contributed by atoms with Crippen molar-refractivity contribution in [3.63, 3.8) is 0 Å². The highest BCUT2D eigenvalue weighted by atomic mass is 14.2. The number of allylic oxidation sites excluding steroid dienone is 4. The molecule has 0 heteroatoms. The van der Waals surface area contributed by atoms with Crippen molar-refractivity contribution in [2.45, 2.75) is 67.2 Å². The molecule has 0 bridgehead atoms. The fourth-order valence-electron chi connectivity index (χ4n) is 2.61. The first-order valence-electron chi connectivity index (χ1n) is 7.21. The number of hydrogen-bond acceptors (Lipinski definition) is 0. The Bertz CT molecular complexity index is 300. The Balaban J connectivity index is 2.82. The largest absolute Gasteiger partial charge is 0.0625 e. The average molecular weight is 233 g/mol. The van der Waals surface area contributed by atoms with Crippen LogP contribution in [0.2, 0.25) is 0 Å². The molecule has 17 heavy (non-hydrogen) atoms. The summed E-state index contributed by atoms with van der Waals surface area (Å²) in [6.07, 6.45) is 8.46. The van der Waals surface area contributed by atoms with Crippen LogP contribution in [-0.4, -0.2) is 0 Å². The molecule has 0 nitrogen and oxygen atoms in total. The molecule has 0 aromatic heterocycles. The van der Waals surface area contributed by atoms with Gasteiger partial charge in [-0.25, -0.2) is 0 Å². The van der Waals surface area contributed by atoms with Crippen LogP contribution in [0.5, 0.6) is 0 Å². The predicted octanol–water partition coefficient (Wildman–Crippen LogP) is 5.55. The van der Waals surface area contributed by atoms with E-state index in [-0.39, 0.29) is 0 Å². The van der Waals surface area contributed by atoms with Crippen LogP contribution < -0.4 is 0 Å². The second-order valence-electron chi connectivity index (χ2n) is 6.71. The summed E-state index contributed by atoms with van der Waals surface area (Å²) in [7, 11) is 0. The van der Waals surface area contributed by atoms with Crippen molar-refractivity contribution in [3.8, 4) is 0 Å². The third-order valence-electron chi connectivity index (χ3n) is 3.19. The summed E-state index contributed by atoms with van der Waals surface area (Å²) in [6.45, 7) is 13.9. The molecule has 0 saturated carbocycles. The quantitative estimate of drug-likeness (QED) is 0.564. The molecule has 0 atom stereocenters. The lowest BCUT2D eigenvalue weighted by atomic mass is 9.89. The summed E-state index contributed by atoms with van der Waals surface area (Å²) in [6, 6.07) is 0. The minimum atomic E-state index is 0.748. The summed E-state index contributed by atoms with van der Waals surface area (Å²) in [5, 5.41) is 0. The Morgan fingerprint density at radius 2 is 1.35 bits per heavy atom. The molecule has 0 unspecified atom stereocenters.